The van der Waals surface area contributed by atoms with Crippen LogP contribution in [0, 0.1) is 6.92 Å². The maximum absolute atomic E-state index is 12.7. The van der Waals surface area contributed by atoms with Gasteiger partial charge in [-0.3, -0.25) is 4.79 Å². The minimum absolute atomic E-state index is 0.0342. The van der Waals surface area contributed by atoms with Crippen molar-refractivity contribution in [1.29, 1.82) is 0 Å². The zero-order valence-electron chi connectivity index (χ0n) is 12.5. The highest BCUT2D eigenvalue weighted by atomic mass is 79.9. The van der Waals surface area contributed by atoms with Gasteiger partial charge < -0.3 is 4.90 Å². The lowest BCUT2D eigenvalue weighted by Crippen LogP contribution is -2.38. The van der Waals surface area contributed by atoms with Crippen molar-refractivity contribution in [3.05, 3.63) is 27.7 Å². The van der Waals surface area contributed by atoms with Gasteiger partial charge in [0.15, 0.2) is 0 Å². The average molecular weight is 397 g/mol. The van der Waals surface area contributed by atoms with E-state index in [2.05, 4.69) is 15.9 Å². The Morgan fingerprint density at radius 2 is 1.95 bits per heavy atom. The van der Waals surface area contributed by atoms with E-state index in [1.807, 2.05) is 20.8 Å². The summed E-state index contributed by atoms with van der Waals surface area (Å²) < 4.78 is 23.8. The molecule has 7 heteroatoms. The predicted molar refractivity (Wildman–Crippen MR) is 88.4 cm³/mol. The average Bonchev–Trinajstić information content (AvgIpc) is 2.35. The second kappa shape index (κ2) is 7.11. The maximum atomic E-state index is 12.7. The second-order valence-electron chi connectivity index (χ2n) is 5.11. The molecule has 0 saturated heterocycles. The molecule has 0 unspecified atom stereocenters. The fourth-order valence-electron chi connectivity index (χ4n) is 2.12. The second-order valence-corrected chi connectivity index (χ2v) is 8.56. The minimum Gasteiger partial charge on any atom is -0.336 e. The van der Waals surface area contributed by atoms with E-state index in [0.29, 0.717) is 22.1 Å². The molecule has 0 radical (unpaired) electrons. The first-order valence-electron chi connectivity index (χ1n) is 6.65. The Balaban J connectivity index is 3.43. The summed E-state index contributed by atoms with van der Waals surface area (Å²) in [6, 6.07) is 3.08. The quantitative estimate of drug-likeness (QED) is 0.708. The summed E-state index contributed by atoms with van der Waals surface area (Å²) in [6.07, 6.45) is 0.831. The Labute approximate surface area is 139 Å². The van der Waals surface area contributed by atoms with Crippen LogP contribution in [-0.2, 0) is 9.05 Å². The molecule has 0 heterocycles. The first-order valence-corrected chi connectivity index (χ1v) is 9.75. The van der Waals surface area contributed by atoms with Gasteiger partial charge in [-0.25, -0.2) is 8.42 Å². The third-order valence-electron chi connectivity index (χ3n) is 3.17. The largest absolute Gasteiger partial charge is 0.336 e. The van der Waals surface area contributed by atoms with Crippen molar-refractivity contribution < 1.29 is 13.2 Å². The van der Waals surface area contributed by atoms with Crippen molar-refractivity contribution in [2.75, 3.05) is 6.54 Å². The topological polar surface area (TPSA) is 54.5 Å². The van der Waals surface area contributed by atoms with Crippen LogP contribution < -0.4 is 0 Å². The molecule has 0 aliphatic carbocycles. The summed E-state index contributed by atoms with van der Waals surface area (Å²) in [4.78, 5) is 14.4. The number of benzene rings is 1. The van der Waals surface area contributed by atoms with Crippen molar-refractivity contribution in [3.8, 4) is 0 Å². The van der Waals surface area contributed by atoms with E-state index in [-0.39, 0.29) is 16.8 Å². The molecule has 1 amide bonds. The number of carbonyl (C=O) groups excluding carboxylic acids is 1. The minimum atomic E-state index is -3.90. The van der Waals surface area contributed by atoms with E-state index >= 15 is 0 Å². The Kier molecular flexibility index (Phi) is 6.25. The van der Waals surface area contributed by atoms with Crippen LogP contribution in [0.1, 0.15) is 43.1 Å². The fourth-order valence-corrected chi connectivity index (χ4v) is 3.95. The van der Waals surface area contributed by atoms with E-state index in [1.165, 1.54) is 6.07 Å². The molecule has 0 aliphatic rings. The molecule has 1 rings (SSSR count). The van der Waals surface area contributed by atoms with Crippen molar-refractivity contribution in [3.63, 3.8) is 0 Å². The molecule has 4 nitrogen and oxygen atoms in total. The van der Waals surface area contributed by atoms with Crippen LogP contribution in [0.2, 0.25) is 0 Å². The van der Waals surface area contributed by atoms with Crippen molar-refractivity contribution in [2.45, 2.75) is 45.1 Å². The molecule has 0 saturated carbocycles. The predicted octanol–water partition coefficient (Wildman–Crippen LogP) is 3.95. The molecular weight excluding hydrogens is 378 g/mol. The highest BCUT2D eigenvalue weighted by Crippen LogP contribution is 2.28. The van der Waals surface area contributed by atoms with Crippen LogP contribution in [0.25, 0.3) is 0 Å². The Bertz CT molecular complexity index is 644. The van der Waals surface area contributed by atoms with Crippen LogP contribution in [0.5, 0.6) is 0 Å². The van der Waals surface area contributed by atoms with Gasteiger partial charge in [-0.15, -0.1) is 0 Å². The Morgan fingerprint density at radius 1 is 1.38 bits per heavy atom. The summed E-state index contributed by atoms with van der Waals surface area (Å²) in [5.74, 6) is -0.188. The molecular formula is C14H19BrClNO3S. The van der Waals surface area contributed by atoms with Gasteiger partial charge in [-0.1, -0.05) is 22.9 Å². The zero-order chi connectivity index (χ0) is 16.4. The lowest BCUT2D eigenvalue weighted by atomic mass is 10.1. The van der Waals surface area contributed by atoms with Crippen LogP contribution in [0.15, 0.2) is 21.5 Å². The standard InChI is InChI=1S/C14H19BrClNO3S/c1-5-6-17(9(2)3)14(18)12-7-11(15)8-13(10(12)4)21(16,19)20/h7-9H,5-6H2,1-4H3. The SMILES string of the molecule is CCCN(C(=O)c1cc(Br)cc(S(=O)(=O)Cl)c1C)C(C)C. The summed E-state index contributed by atoms with van der Waals surface area (Å²) in [6.45, 7) is 8.07. The van der Waals surface area contributed by atoms with Crippen LogP contribution in [0.3, 0.4) is 0 Å². The molecule has 1 aromatic carbocycles. The van der Waals surface area contributed by atoms with Gasteiger partial charge in [-0.2, -0.15) is 0 Å². The first-order chi connectivity index (χ1) is 9.59. The smallest absolute Gasteiger partial charge is 0.261 e. The molecule has 21 heavy (non-hydrogen) atoms. The molecule has 0 fully saturated rings. The van der Waals surface area contributed by atoms with E-state index in [9.17, 15) is 13.2 Å². The van der Waals surface area contributed by atoms with Crippen LogP contribution in [-0.4, -0.2) is 31.8 Å². The number of nitrogens with zero attached hydrogens (tertiary/aromatic N) is 1. The summed E-state index contributed by atoms with van der Waals surface area (Å²) in [5.41, 5.74) is 0.728. The molecule has 0 N–H and O–H groups in total. The summed E-state index contributed by atoms with van der Waals surface area (Å²) >= 11 is 3.24. The first kappa shape index (κ1) is 18.5. The van der Waals surface area contributed by atoms with E-state index in [0.717, 1.165) is 6.42 Å². The van der Waals surface area contributed by atoms with Gasteiger partial charge in [0.05, 0.1) is 4.90 Å². The number of halogens is 2. The molecule has 0 spiro atoms. The molecule has 0 bridgehead atoms. The van der Waals surface area contributed by atoms with Crippen molar-refractivity contribution >= 4 is 41.6 Å². The monoisotopic (exact) mass is 395 g/mol. The van der Waals surface area contributed by atoms with Crippen LogP contribution in [0.4, 0.5) is 0 Å². The molecule has 118 valence electrons. The van der Waals surface area contributed by atoms with Gasteiger partial charge in [-0.05, 0) is 44.9 Å². The molecule has 0 aliphatic heterocycles. The summed E-state index contributed by atoms with van der Waals surface area (Å²) in [7, 11) is 1.54. The van der Waals surface area contributed by atoms with Gasteiger partial charge >= 0.3 is 0 Å². The van der Waals surface area contributed by atoms with E-state index in [1.54, 1.807) is 17.9 Å². The number of hydrogen-bond acceptors (Lipinski definition) is 3. The number of hydrogen-bond donors (Lipinski definition) is 0. The zero-order valence-corrected chi connectivity index (χ0v) is 15.6. The summed E-state index contributed by atoms with van der Waals surface area (Å²) in [5, 5.41) is 0. The van der Waals surface area contributed by atoms with Gasteiger partial charge in [0.1, 0.15) is 0 Å². The van der Waals surface area contributed by atoms with Crippen molar-refractivity contribution in [2.24, 2.45) is 0 Å². The van der Waals surface area contributed by atoms with Crippen LogP contribution >= 0.6 is 26.6 Å². The lowest BCUT2D eigenvalue weighted by molar-refractivity contribution is 0.0705. The van der Waals surface area contributed by atoms with Gasteiger partial charge in [0.2, 0.25) is 0 Å². The number of amides is 1. The fraction of sp³-hybridized carbons (Fsp3) is 0.500. The third kappa shape index (κ3) is 4.44. The van der Waals surface area contributed by atoms with Crippen molar-refractivity contribution in [1.82, 2.24) is 4.90 Å². The van der Waals surface area contributed by atoms with Gasteiger partial charge in [0, 0.05) is 33.3 Å². The number of carbonyl (C=O) groups is 1. The molecule has 0 aromatic heterocycles. The highest BCUT2D eigenvalue weighted by Gasteiger charge is 2.24. The maximum Gasteiger partial charge on any atom is 0.261 e. The number of rotatable bonds is 5. The molecule has 1 aromatic rings. The Morgan fingerprint density at radius 3 is 2.38 bits per heavy atom. The highest BCUT2D eigenvalue weighted by molar-refractivity contribution is 9.10. The van der Waals surface area contributed by atoms with Gasteiger partial charge in [0.25, 0.3) is 15.0 Å². The normalized spacial score (nSPS) is 11.8. The van der Waals surface area contributed by atoms with E-state index < -0.39 is 9.05 Å². The van der Waals surface area contributed by atoms with E-state index in [4.69, 9.17) is 10.7 Å². The Hall–Kier alpha value is -0.590. The lowest BCUT2D eigenvalue weighted by Gasteiger charge is -2.27. The third-order valence-corrected chi connectivity index (χ3v) is 5.07. The molecule has 0 atom stereocenters.